The molecule has 2 rings (SSSR count). The number of aromatic hydroxyl groups is 1. The standard InChI is InChI=1S/C14H11ClI2N2O2/c15-10-3-1-8(2-4-10)14(21)19-18-7-9-5-11(16)6-12(17)13(9)20/h1-6,18,20H,7H2,(H,19,21). The zero-order chi connectivity index (χ0) is 15.4. The van der Waals surface area contributed by atoms with Crippen LogP contribution in [0.25, 0.3) is 0 Å². The highest BCUT2D eigenvalue weighted by atomic mass is 127. The summed E-state index contributed by atoms with van der Waals surface area (Å²) in [6.45, 7) is 0.331. The molecule has 110 valence electrons. The van der Waals surface area contributed by atoms with Crippen LogP contribution in [0.1, 0.15) is 15.9 Å². The van der Waals surface area contributed by atoms with Crippen molar-refractivity contribution in [1.82, 2.24) is 10.9 Å². The van der Waals surface area contributed by atoms with Crippen molar-refractivity contribution in [3.05, 3.63) is 59.7 Å². The highest BCUT2D eigenvalue weighted by molar-refractivity contribution is 14.1. The van der Waals surface area contributed by atoms with Gasteiger partial charge < -0.3 is 5.11 Å². The molecular weight excluding hydrogens is 517 g/mol. The first-order valence-corrected chi connectivity index (χ1v) is 8.46. The summed E-state index contributed by atoms with van der Waals surface area (Å²) >= 11 is 10.0. The molecule has 1 amide bonds. The number of benzene rings is 2. The van der Waals surface area contributed by atoms with E-state index >= 15 is 0 Å². The number of hydrogen-bond acceptors (Lipinski definition) is 3. The zero-order valence-electron chi connectivity index (χ0n) is 10.7. The maximum absolute atomic E-state index is 11.9. The topological polar surface area (TPSA) is 61.4 Å². The molecule has 0 atom stereocenters. The van der Waals surface area contributed by atoms with Crippen LogP contribution in [0.2, 0.25) is 5.02 Å². The summed E-state index contributed by atoms with van der Waals surface area (Å²) in [4.78, 5) is 11.9. The molecule has 0 saturated heterocycles. The van der Waals surface area contributed by atoms with Crippen molar-refractivity contribution in [2.75, 3.05) is 0 Å². The summed E-state index contributed by atoms with van der Waals surface area (Å²) in [5, 5.41) is 10.5. The first kappa shape index (κ1) is 16.8. The summed E-state index contributed by atoms with van der Waals surface area (Å²) in [5.74, 6) is -0.0317. The molecule has 21 heavy (non-hydrogen) atoms. The smallest absolute Gasteiger partial charge is 0.265 e. The maximum atomic E-state index is 11.9. The lowest BCUT2D eigenvalue weighted by atomic mass is 10.2. The molecule has 3 N–H and O–H groups in total. The van der Waals surface area contributed by atoms with E-state index in [4.69, 9.17) is 11.6 Å². The number of hydrogen-bond donors (Lipinski definition) is 3. The molecule has 0 radical (unpaired) electrons. The van der Waals surface area contributed by atoms with E-state index in [1.807, 2.05) is 12.1 Å². The van der Waals surface area contributed by atoms with Crippen molar-refractivity contribution >= 4 is 62.7 Å². The molecule has 2 aromatic rings. The lowest BCUT2D eigenvalue weighted by Crippen LogP contribution is -2.36. The quantitative estimate of drug-likeness (QED) is 0.419. The minimum absolute atomic E-state index is 0.226. The normalized spacial score (nSPS) is 10.4. The van der Waals surface area contributed by atoms with Gasteiger partial charge >= 0.3 is 0 Å². The van der Waals surface area contributed by atoms with Gasteiger partial charge in [-0.3, -0.25) is 10.2 Å². The van der Waals surface area contributed by atoms with Crippen LogP contribution in [0.15, 0.2) is 36.4 Å². The van der Waals surface area contributed by atoms with E-state index in [-0.39, 0.29) is 11.7 Å². The first-order chi connectivity index (χ1) is 9.97. The molecule has 0 aliphatic carbocycles. The molecule has 0 bridgehead atoms. The molecule has 7 heteroatoms. The zero-order valence-corrected chi connectivity index (χ0v) is 15.7. The second kappa shape index (κ2) is 7.61. The Kier molecular flexibility index (Phi) is 6.08. The van der Waals surface area contributed by atoms with Gasteiger partial charge in [0.15, 0.2) is 0 Å². The Morgan fingerprint density at radius 1 is 1.19 bits per heavy atom. The van der Waals surface area contributed by atoms with Crippen LogP contribution in [-0.2, 0) is 6.54 Å². The van der Waals surface area contributed by atoms with Gasteiger partial charge in [0, 0.05) is 26.3 Å². The van der Waals surface area contributed by atoms with Gasteiger partial charge in [-0.1, -0.05) is 11.6 Å². The molecular formula is C14H11ClI2N2O2. The third-order valence-corrected chi connectivity index (χ3v) is 4.39. The van der Waals surface area contributed by atoms with Crippen molar-refractivity contribution in [1.29, 1.82) is 0 Å². The molecule has 2 aromatic carbocycles. The Morgan fingerprint density at radius 2 is 1.86 bits per heavy atom. The van der Waals surface area contributed by atoms with Gasteiger partial charge in [0.05, 0.1) is 3.57 Å². The van der Waals surface area contributed by atoms with Crippen LogP contribution in [0.5, 0.6) is 5.75 Å². The van der Waals surface area contributed by atoms with E-state index in [2.05, 4.69) is 56.0 Å². The summed E-state index contributed by atoms with van der Waals surface area (Å²) in [7, 11) is 0. The maximum Gasteiger partial charge on any atom is 0.265 e. The highest BCUT2D eigenvalue weighted by Gasteiger charge is 2.08. The van der Waals surface area contributed by atoms with Crippen molar-refractivity contribution < 1.29 is 9.90 Å². The molecule has 4 nitrogen and oxygen atoms in total. The van der Waals surface area contributed by atoms with Gasteiger partial charge in [-0.15, -0.1) is 0 Å². The second-order valence-electron chi connectivity index (χ2n) is 4.21. The van der Waals surface area contributed by atoms with E-state index in [0.717, 1.165) is 12.7 Å². The first-order valence-electron chi connectivity index (χ1n) is 5.93. The van der Waals surface area contributed by atoms with Crippen molar-refractivity contribution in [3.8, 4) is 5.75 Å². The highest BCUT2D eigenvalue weighted by Crippen LogP contribution is 2.26. The van der Waals surface area contributed by atoms with Crippen LogP contribution < -0.4 is 10.9 Å². The fourth-order valence-corrected chi connectivity index (χ4v) is 3.74. The average Bonchev–Trinajstić information content (AvgIpc) is 2.44. The second-order valence-corrected chi connectivity index (χ2v) is 7.05. The molecule has 0 aromatic heterocycles. The predicted molar refractivity (Wildman–Crippen MR) is 99.3 cm³/mol. The fourth-order valence-electron chi connectivity index (χ4n) is 1.65. The van der Waals surface area contributed by atoms with Crippen molar-refractivity contribution in [2.24, 2.45) is 0 Å². The molecule has 0 unspecified atom stereocenters. The van der Waals surface area contributed by atoms with E-state index in [0.29, 0.717) is 17.1 Å². The lowest BCUT2D eigenvalue weighted by molar-refractivity contribution is 0.0932. The molecule has 0 aliphatic rings. The number of phenols is 1. The molecule has 0 heterocycles. The molecule has 0 aliphatic heterocycles. The number of nitrogens with one attached hydrogen (secondary N) is 2. The van der Waals surface area contributed by atoms with E-state index in [1.54, 1.807) is 24.3 Å². The molecule has 0 fully saturated rings. The number of amides is 1. The van der Waals surface area contributed by atoms with E-state index < -0.39 is 0 Å². The van der Waals surface area contributed by atoms with Crippen LogP contribution >= 0.6 is 56.8 Å². The Bertz CT molecular complexity index is 663. The third-order valence-electron chi connectivity index (χ3n) is 2.69. The fraction of sp³-hybridized carbons (Fsp3) is 0.0714. The Morgan fingerprint density at radius 3 is 2.52 bits per heavy atom. The van der Waals surface area contributed by atoms with Gasteiger partial charge in [-0.2, -0.15) is 0 Å². The van der Waals surface area contributed by atoms with Crippen molar-refractivity contribution in [2.45, 2.75) is 6.54 Å². The number of phenolic OH excluding ortho intramolecular Hbond substituents is 1. The molecule has 0 spiro atoms. The van der Waals surface area contributed by atoms with Crippen LogP contribution in [-0.4, -0.2) is 11.0 Å². The number of carbonyl (C=O) groups excluding carboxylic acids is 1. The third kappa shape index (κ3) is 4.70. The van der Waals surface area contributed by atoms with Gasteiger partial charge in [-0.25, -0.2) is 5.43 Å². The number of hydrazine groups is 1. The summed E-state index contributed by atoms with van der Waals surface area (Å²) < 4.78 is 1.80. The number of rotatable bonds is 4. The number of halogens is 3. The Hall–Kier alpha value is -0.580. The monoisotopic (exact) mass is 528 g/mol. The van der Waals surface area contributed by atoms with Gasteiger partial charge in [0.1, 0.15) is 5.75 Å². The van der Waals surface area contributed by atoms with Crippen LogP contribution in [0.3, 0.4) is 0 Å². The Balaban J connectivity index is 1.95. The predicted octanol–water partition coefficient (Wildman–Crippen LogP) is 3.69. The van der Waals surface area contributed by atoms with E-state index in [9.17, 15) is 9.90 Å². The van der Waals surface area contributed by atoms with Crippen LogP contribution in [0.4, 0.5) is 0 Å². The van der Waals surface area contributed by atoms with E-state index in [1.165, 1.54) is 0 Å². The summed E-state index contributed by atoms with van der Waals surface area (Å²) in [6, 6.07) is 10.3. The minimum Gasteiger partial charge on any atom is -0.507 e. The van der Waals surface area contributed by atoms with Crippen LogP contribution in [0, 0.1) is 7.14 Å². The largest absolute Gasteiger partial charge is 0.507 e. The summed E-state index contributed by atoms with van der Waals surface area (Å²) in [5.41, 5.74) is 6.63. The average molecular weight is 529 g/mol. The van der Waals surface area contributed by atoms with Gasteiger partial charge in [-0.05, 0) is 81.6 Å². The molecule has 0 saturated carbocycles. The Labute approximate surface area is 154 Å². The van der Waals surface area contributed by atoms with Crippen molar-refractivity contribution in [3.63, 3.8) is 0 Å². The summed E-state index contributed by atoms with van der Waals surface area (Å²) in [6.07, 6.45) is 0. The minimum atomic E-state index is -0.258. The number of carbonyl (C=O) groups is 1. The lowest BCUT2D eigenvalue weighted by Gasteiger charge is -2.10. The van der Waals surface area contributed by atoms with Gasteiger partial charge in [0.25, 0.3) is 5.91 Å². The SMILES string of the molecule is O=C(NNCc1cc(I)cc(I)c1O)c1ccc(Cl)cc1. The van der Waals surface area contributed by atoms with Gasteiger partial charge in [0.2, 0.25) is 0 Å².